The van der Waals surface area contributed by atoms with Gasteiger partial charge >= 0.3 is 13.8 Å². The minimum Gasteiger partial charge on any atom is -0.457 e. The maximum Gasteiger partial charge on any atom is 0.472 e. The average molecular weight is 757 g/mol. The van der Waals surface area contributed by atoms with E-state index in [2.05, 4.69) is 50.3 Å². The lowest BCUT2D eigenvalue weighted by molar-refractivity contribution is -0.870. The first kappa shape index (κ1) is 50.7. The number of hydrogen-bond donors (Lipinski definition) is 1. The van der Waals surface area contributed by atoms with Crippen LogP contribution in [-0.4, -0.2) is 75.6 Å². The predicted molar refractivity (Wildman–Crippen MR) is 220 cm³/mol. The normalized spacial score (nSPS) is 14.2. The zero-order chi connectivity index (χ0) is 38.4. The van der Waals surface area contributed by atoms with Gasteiger partial charge in [-0.2, -0.15) is 0 Å². The monoisotopic (exact) mass is 757 g/mol. The molecule has 0 heterocycles. The molecule has 2 unspecified atom stereocenters. The van der Waals surface area contributed by atoms with E-state index in [0.29, 0.717) is 24.1 Å². The number of quaternary nitrogens is 1. The minimum atomic E-state index is -4.26. The number of phosphoric acid groups is 1. The Morgan fingerprint density at radius 1 is 0.596 bits per heavy atom. The van der Waals surface area contributed by atoms with Crippen LogP contribution in [0, 0.1) is 0 Å². The Balaban J connectivity index is 4.01. The summed E-state index contributed by atoms with van der Waals surface area (Å²) >= 11 is 0. The molecular formula is C43H83NO7P+. The fourth-order valence-electron chi connectivity index (χ4n) is 5.62. The van der Waals surface area contributed by atoms with Gasteiger partial charge in [0, 0.05) is 13.0 Å². The third-order valence-electron chi connectivity index (χ3n) is 8.95. The van der Waals surface area contributed by atoms with Gasteiger partial charge in [-0.25, -0.2) is 4.57 Å². The summed E-state index contributed by atoms with van der Waals surface area (Å²) in [4.78, 5) is 22.6. The highest BCUT2D eigenvalue weighted by atomic mass is 31.2. The van der Waals surface area contributed by atoms with Gasteiger partial charge in [-0.1, -0.05) is 153 Å². The lowest BCUT2D eigenvalue weighted by Gasteiger charge is -2.24. The number of rotatable bonds is 39. The fraction of sp³-hybridized carbons (Fsp3) is 0.837. The van der Waals surface area contributed by atoms with E-state index in [0.717, 1.165) is 44.9 Å². The molecule has 52 heavy (non-hydrogen) atoms. The second kappa shape index (κ2) is 36.7. The molecule has 0 aromatic carbocycles. The van der Waals surface area contributed by atoms with Gasteiger partial charge in [0.15, 0.2) is 0 Å². The molecular weight excluding hydrogens is 673 g/mol. The smallest absolute Gasteiger partial charge is 0.457 e. The van der Waals surface area contributed by atoms with E-state index in [9.17, 15) is 14.3 Å². The summed E-state index contributed by atoms with van der Waals surface area (Å²) < 4.78 is 34.7. The zero-order valence-electron chi connectivity index (χ0n) is 34.5. The number of phosphoric ester groups is 1. The van der Waals surface area contributed by atoms with Crippen LogP contribution >= 0.6 is 7.82 Å². The fourth-order valence-corrected chi connectivity index (χ4v) is 6.36. The molecule has 0 amide bonds. The van der Waals surface area contributed by atoms with Gasteiger partial charge in [-0.15, -0.1) is 0 Å². The van der Waals surface area contributed by atoms with E-state index in [4.69, 9.17) is 18.5 Å². The quantitative estimate of drug-likeness (QED) is 0.0219. The van der Waals surface area contributed by atoms with E-state index in [1.54, 1.807) is 0 Å². The van der Waals surface area contributed by atoms with Crippen LogP contribution < -0.4 is 0 Å². The van der Waals surface area contributed by atoms with E-state index in [-0.39, 0.29) is 25.8 Å². The number of hydrogen-bond acceptors (Lipinski definition) is 6. The molecule has 0 aromatic rings. The first-order valence-electron chi connectivity index (χ1n) is 21.2. The summed E-state index contributed by atoms with van der Waals surface area (Å²) in [6, 6.07) is 0. The molecule has 8 nitrogen and oxygen atoms in total. The molecule has 0 saturated carbocycles. The van der Waals surface area contributed by atoms with Gasteiger partial charge < -0.3 is 18.9 Å². The molecule has 0 aliphatic rings. The van der Waals surface area contributed by atoms with Crippen LogP contribution in [0.4, 0.5) is 0 Å². The highest BCUT2D eigenvalue weighted by molar-refractivity contribution is 7.47. The predicted octanol–water partition coefficient (Wildman–Crippen LogP) is 12.2. The lowest BCUT2D eigenvalue weighted by Crippen LogP contribution is -2.37. The number of nitrogens with zero attached hydrogens (tertiary/aromatic N) is 1. The number of likely N-dealkylation sites (N-methyl/N-ethyl adjacent to an activating group) is 1. The number of carbonyl (C=O) groups is 1. The summed E-state index contributed by atoms with van der Waals surface area (Å²) in [5.41, 5.74) is 0. The van der Waals surface area contributed by atoms with Crippen molar-refractivity contribution in [3.05, 3.63) is 36.5 Å². The van der Waals surface area contributed by atoms with E-state index >= 15 is 0 Å². The second-order valence-electron chi connectivity index (χ2n) is 15.4. The maximum atomic E-state index is 12.5. The third kappa shape index (κ3) is 39.9. The van der Waals surface area contributed by atoms with Gasteiger partial charge in [-0.3, -0.25) is 13.8 Å². The first-order chi connectivity index (χ1) is 25.1. The largest absolute Gasteiger partial charge is 0.472 e. The molecule has 0 aromatic heterocycles. The summed E-state index contributed by atoms with van der Waals surface area (Å²) in [6.45, 7) is 5.53. The van der Waals surface area contributed by atoms with Gasteiger partial charge in [0.05, 0.1) is 34.4 Å². The Hall–Kier alpha value is -1.28. The van der Waals surface area contributed by atoms with Crippen molar-refractivity contribution in [2.45, 2.75) is 180 Å². The van der Waals surface area contributed by atoms with Crippen molar-refractivity contribution in [2.24, 2.45) is 0 Å². The maximum absolute atomic E-state index is 12.5. The lowest BCUT2D eigenvalue weighted by atomic mass is 10.1. The van der Waals surface area contributed by atoms with E-state index < -0.39 is 13.9 Å². The van der Waals surface area contributed by atoms with Crippen LogP contribution in [0.15, 0.2) is 36.5 Å². The molecule has 0 bridgehead atoms. The topological polar surface area (TPSA) is 91.3 Å². The number of unbranched alkanes of at least 4 members (excludes halogenated alkanes) is 19. The Bertz CT molecular complexity index is 931. The highest BCUT2D eigenvalue weighted by Gasteiger charge is 2.26. The van der Waals surface area contributed by atoms with Gasteiger partial charge in [0.1, 0.15) is 19.3 Å². The molecule has 0 fully saturated rings. The average Bonchev–Trinajstić information content (AvgIpc) is 3.09. The molecule has 0 aliphatic carbocycles. The molecule has 0 radical (unpaired) electrons. The van der Waals surface area contributed by atoms with Gasteiger partial charge in [0.25, 0.3) is 0 Å². The van der Waals surface area contributed by atoms with Crippen molar-refractivity contribution in [3.8, 4) is 0 Å². The number of carbonyl (C=O) groups excluding carboxylic acids is 1. The molecule has 0 spiro atoms. The van der Waals surface area contributed by atoms with Crippen molar-refractivity contribution in [1.29, 1.82) is 0 Å². The van der Waals surface area contributed by atoms with Gasteiger partial charge in [-0.05, 0) is 51.4 Å². The van der Waals surface area contributed by atoms with E-state index in [1.165, 1.54) is 109 Å². The zero-order valence-corrected chi connectivity index (χ0v) is 35.4. The highest BCUT2D eigenvalue weighted by Crippen LogP contribution is 2.43. The van der Waals surface area contributed by atoms with Crippen molar-refractivity contribution in [2.75, 3.05) is 54.1 Å². The summed E-state index contributed by atoms with van der Waals surface area (Å²) in [5.74, 6) is -0.326. The van der Waals surface area contributed by atoms with Crippen molar-refractivity contribution < 1.29 is 37.3 Å². The molecule has 306 valence electrons. The Kier molecular flexibility index (Phi) is 35.8. The second-order valence-corrected chi connectivity index (χ2v) is 16.8. The number of ether oxygens (including phenoxy) is 2. The van der Waals surface area contributed by atoms with Gasteiger partial charge in [0.2, 0.25) is 0 Å². The molecule has 0 aliphatic heterocycles. The minimum absolute atomic E-state index is 0.0875. The molecule has 0 saturated heterocycles. The van der Waals surface area contributed by atoms with Crippen LogP contribution in [0.2, 0.25) is 0 Å². The molecule has 0 rings (SSSR count). The van der Waals surface area contributed by atoms with E-state index in [1.807, 2.05) is 21.1 Å². The van der Waals surface area contributed by atoms with Crippen LogP contribution in [0.5, 0.6) is 0 Å². The van der Waals surface area contributed by atoms with Crippen molar-refractivity contribution in [1.82, 2.24) is 0 Å². The Labute approximate surface area is 321 Å². The molecule has 9 heteroatoms. The Morgan fingerprint density at radius 2 is 1.06 bits per heavy atom. The summed E-state index contributed by atoms with van der Waals surface area (Å²) in [5, 5.41) is 0. The number of esters is 1. The van der Waals surface area contributed by atoms with Crippen molar-refractivity contribution >= 4 is 13.8 Å². The first-order valence-corrected chi connectivity index (χ1v) is 22.7. The number of allylic oxidation sites excluding steroid dienone is 6. The van der Waals surface area contributed by atoms with Crippen LogP contribution in [0.1, 0.15) is 174 Å². The summed E-state index contributed by atoms with van der Waals surface area (Å²) in [6.07, 6.45) is 42.1. The third-order valence-corrected chi connectivity index (χ3v) is 9.94. The molecule has 2 atom stereocenters. The van der Waals surface area contributed by atoms with Crippen LogP contribution in [-0.2, 0) is 27.9 Å². The molecule has 1 N–H and O–H groups in total. The Morgan fingerprint density at radius 3 is 1.58 bits per heavy atom. The van der Waals surface area contributed by atoms with Crippen LogP contribution in [0.25, 0.3) is 0 Å². The summed E-state index contributed by atoms with van der Waals surface area (Å²) in [7, 11) is 1.66. The van der Waals surface area contributed by atoms with Crippen LogP contribution in [0.3, 0.4) is 0 Å². The SMILES string of the molecule is CCCCCCC/C=C\C/C=C\C/C=C\CCCCCCCCCCCOCC(COP(=O)(O)OCC[N+](C)(C)C)OC(=O)CCCCCCCC. The van der Waals surface area contributed by atoms with Crippen molar-refractivity contribution in [3.63, 3.8) is 0 Å². The standard InChI is InChI=1S/C43H82NO7P/c1-6-8-10-12-14-15-16-17-18-19-20-21-22-23-24-25-26-27-28-29-30-31-33-35-38-48-40-42(51-43(45)36-34-32-13-11-9-7-2)41-50-52(46,47)49-39-37-44(3,4)5/h16-17,19-20,22-23,42H,6-15,18,21,24-41H2,1-5H3/p+1/b17-16-,20-19-,23-22-.